The van der Waals surface area contributed by atoms with Gasteiger partial charge < -0.3 is 14.5 Å². The van der Waals surface area contributed by atoms with Gasteiger partial charge in [-0.3, -0.25) is 4.79 Å². The summed E-state index contributed by atoms with van der Waals surface area (Å²) in [7, 11) is 0. The standard InChI is InChI=1S/C19H21ClFN3O3/c1-11(3-8-18-23-24-19(27-18)12(2)13-4-5-13)22-17(25)10-26-14-6-7-15(20)16(21)9-14/h6-7,9,12-13H,1,3-5,8,10H2,2H3,(H,22,25). The summed E-state index contributed by atoms with van der Waals surface area (Å²) in [5.74, 6) is 1.39. The molecule has 1 aliphatic carbocycles. The summed E-state index contributed by atoms with van der Waals surface area (Å²) in [5, 5.41) is 10.8. The number of halogens is 2. The first-order chi connectivity index (χ1) is 12.9. The molecule has 2 aromatic rings. The molecule has 0 aliphatic heterocycles. The summed E-state index contributed by atoms with van der Waals surface area (Å²) in [4.78, 5) is 11.9. The Balaban J connectivity index is 1.39. The third-order valence-electron chi connectivity index (χ3n) is 4.42. The average molecular weight is 394 g/mol. The van der Waals surface area contributed by atoms with Crippen molar-refractivity contribution in [2.24, 2.45) is 5.92 Å². The van der Waals surface area contributed by atoms with Crippen molar-refractivity contribution in [3.8, 4) is 5.75 Å². The third kappa shape index (κ3) is 5.53. The van der Waals surface area contributed by atoms with Crippen LogP contribution in [0.2, 0.25) is 5.02 Å². The van der Waals surface area contributed by atoms with E-state index in [2.05, 4.69) is 29.0 Å². The van der Waals surface area contributed by atoms with Gasteiger partial charge in [0.05, 0.1) is 5.02 Å². The molecular weight excluding hydrogens is 373 g/mol. The number of carbonyl (C=O) groups is 1. The van der Waals surface area contributed by atoms with Crippen LogP contribution >= 0.6 is 11.6 Å². The van der Waals surface area contributed by atoms with Gasteiger partial charge in [0.2, 0.25) is 11.8 Å². The number of rotatable bonds is 9. The van der Waals surface area contributed by atoms with E-state index >= 15 is 0 Å². The molecule has 6 nitrogen and oxygen atoms in total. The minimum Gasteiger partial charge on any atom is -0.484 e. The van der Waals surface area contributed by atoms with Crippen LogP contribution in [0.1, 0.15) is 43.9 Å². The fourth-order valence-electron chi connectivity index (χ4n) is 2.62. The van der Waals surface area contributed by atoms with Crippen LogP contribution in [0, 0.1) is 11.7 Å². The molecule has 144 valence electrons. The van der Waals surface area contributed by atoms with E-state index < -0.39 is 5.82 Å². The van der Waals surface area contributed by atoms with Crippen molar-refractivity contribution in [3.63, 3.8) is 0 Å². The largest absolute Gasteiger partial charge is 0.484 e. The number of benzene rings is 1. The summed E-state index contributed by atoms with van der Waals surface area (Å²) in [6, 6.07) is 3.98. The molecule has 0 saturated heterocycles. The third-order valence-corrected chi connectivity index (χ3v) is 4.73. The van der Waals surface area contributed by atoms with Gasteiger partial charge in [-0.25, -0.2) is 4.39 Å². The van der Waals surface area contributed by atoms with Crippen molar-refractivity contribution in [1.82, 2.24) is 15.5 Å². The van der Waals surface area contributed by atoms with E-state index in [0.717, 1.165) is 6.07 Å². The number of hydrogen-bond acceptors (Lipinski definition) is 5. The van der Waals surface area contributed by atoms with Crippen LogP contribution in [-0.4, -0.2) is 22.7 Å². The number of nitrogens with one attached hydrogen (secondary N) is 1. The number of amides is 1. The van der Waals surface area contributed by atoms with Crippen LogP contribution in [0.3, 0.4) is 0 Å². The Morgan fingerprint density at radius 3 is 2.96 bits per heavy atom. The van der Waals surface area contributed by atoms with Gasteiger partial charge in [0, 0.05) is 24.1 Å². The molecule has 1 N–H and O–H groups in total. The smallest absolute Gasteiger partial charge is 0.262 e. The number of carbonyl (C=O) groups excluding carboxylic acids is 1. The van der Waals surface area contributed by atoms with Crippen LogP contribution < -0.4 is 10.1 Å². The van der Waals surface area contributed by atoms with E-state index in [4.69, 9.17) is 20.8 Å². The lowest BCUT2D eigenvalue weighted by Crippen LogP contribution is -2.28. The van der Waals surface area contributed by atoms with E-state index in [0.29, 0.717) is 42.2 Å². The summed E-state index contributed by atoms with van der Waals surface area (Å²) in [6.07, 6.45) is 3.40. The first-order valence-corrected chi connectivity index (χ1v) is 9.18. The normalized spacial score (nSPS) is 14.6. The van der Waals surface area contributed by atoms with E-state index in [-0.39, 0.29) is 23.3 Å². The molecule has 8 heteroatoms. The van der Waals surface area contributed by atoms with Crippen LogP contribution in [-0.2, 0) is 11.2 Å². The second kappa shape index (κ2) is 8.52. The minimum atomic E-state index is -0.603. The molecule has 1 aromatic carbocycles. The van der Waals surface area contributed by atoms with Crippen LogP contribution in [0.15, 0.2) is 34.9 Å². The van der Waals surface area contributed by atoms with Gasteiger partial charge in [0.1, 0.15) is 11.6 Å². The second-order valence-electron chi connectivity index (χ2n) is 6.68. The highest BCUT2D eigenvalue weighted by molar-refractivity contribution is 6.30. The zero-order valence-electron chi connectivity index (χ0n) is 15.0. The van der Waals surface area contributed by atoms with Gasteiger partial charge in [-0.1, -0.05) is 25.1 Å². The molecule has 0 spiro atoms. The van der Waals surface area contributed by atoms with Crippen LogP contribution in [0.5, 0.6) is 5.75 Å². The van der Waals surface area contributed by atoms with Crippen molar-refractivity contribution < 1.29 is 18.3 Å². The van der Waals surface area contributed by atoms with Crippen molar-refractivity contribution in [1.29, 1.82) is 0 Å². The Bertz CT molecular complexity index is 835. The number of aryl methyl sites for hydroxylation is 1. The van der Waals surface area contributed by atoms with Gasteiger partial charge in [-0.05, 0) is 37.3 Å². The Morgan fingerprint density at radius 1 is 1.48 bits per heavy atom. The van der Waals surface area contributed by atoms with Crippen molar-refractivity contribution >= 4 is 17.5 Å². The van der Waals surface area contributed by atoms with Crippen molar-refractivity contribution in [2.75, 3.05) is 6.61 Å². The highest BCUT2D eigenvalue weighted by Crippen LogP contribution is 2.41. The van der Waals surface area contributed by atoms with E-state index in [1.807, 2.05) is 0 Å². The predicted octanol–water partition coefficient (Wildman–Crippen LogP) is 4.02. The van der Waals surface area contributed by atoms with Gasteiger partial charge in [0.15, 0.2) is 6.61 Å². The highest BCUT2D eigenvalue weighted by Gasteiger charge is 2.32. The molecule has 1 aliphatic rings. The number of aromatic nitrogens is 2. The van der Waals surface area contributed by atoms with Crippen molar-refractivity contribution in [3.05, 3.63) is 53.1 Å². The van der Waals surface area contributed by atoms with Crippen LogP contribution in [0.4, 0.5) is 4.39 Å². The molecule has 0 radical (unpaired) electrons. The number of ether oxygens (including phenoxy) is 1. The maximum Gasteiger partial charge on any atom is 0.262 e. The fourth-order valence-corrected chi connectivity index (χ4v) is 2.74. The predicted molar refractivity (Wildman–Crippen MR) is 97.9 cm³/mol. The number of allylic oxidation sites excluding steroid dienone is 1. The lowest BCUT2D eigenvalue weighted by atomic mass is 10.1. The van der Waals surface area contributed by atoms with Crippen molar-refractivity contribution in [2.45, 2.75) is 38.5 Å². The van der Waals surface area contributed by atoms with Gasteiger partial charge in [-0.15, -0.1) is 10.2 Å². The lowest BCUT2D eigenvalue weighted by molar-refractivity contribution is -0.122. The van der Waals surface area contributed by atoms with E-state index in [1.54, 1.807) is 0 Å². The molecule has 1 fully saturated rings. The molecule has 1 atom stereocenters. The van der Waals surface area contributed by atoms with Gasteiger partial charge in [0.25, 0.3) is 5.91 Å². The summed E-state index contributed by atoms with van der Waals surface area (Å²) < 4.78 is 24.2. The molecule has 3 rings (SSSR count). The molecule has 1 amide bonds. The maximum atomic E-state index is 13.3. The minimum absolute atomic E-state index is 0.00381. The Kier molecular flexibility index (Phi) is 6.11. The molecule has 1 heterocycles. The quantitative estimate of drug-likeness (QED) is 0.696. The molecule has 1 unspecified atom stereocenters. The Labute approximate surface area is 161 Å². The van der Waals surface area contributed by atoms with Crippen LogP contribution in [0.25, 0.3) is 0 Å². The highest BCUT2D eigenvalue weighted by atomic mass is 35.5. The van der Waals surface area contributed by atoms with Gasteiger partial charge >= 0.3 is 0 Å². The SMILES string of the molecule is C=C(CCc1nnc(C(C)C2CC2)o1)NC(=O)COc1ccc(Cl)c(F)c1. The number of hydrogen-bond donors (Lipinski definition) is 1. The first kappa shape index (κ1) is 19.4. The second-order valence-corrected chi connectivity index (χ2v) is 7.08. The molecule has 1 aromatic heterocycles. The Morgan fingerprint density at radius 2 is 2.26 bits per heavy atom. The summed E-state index contributed by atoms with van der Waals surface area (Å²) >= 11 is 5.60. The first-order valence-electron chi connectivity index (χ1n) is 8.80. The summed E-state index contributed by atoms with van der Waals surface area (Å²) in [5.41, 5.74) is 0.515. The molecule has 27 heavy (non-hydrogen) atoms. The molecule has 0 bridgehead atoms. The van der Waals surface area contributed by atoms with E-state index in [1.165, 1.54) is 25.0 Å². The lowest BCUT2D eigenvalue weighted by Gasteiger charge is -2.09. The zero-order chi connectivity index (χ0) is 19.4. The molecule has 1 saturated carbocycles. The topological polar surface area (TPSA) is 77.3 Å². The number of nitrogens with zero attached hydrogens (tertiary/aromatic N) is 2. The zero-order valence-corrected chi connectivity index (χ0v) is 15.8. The van der Waals surface area contributed by atoms with Gasteiger partial charge in [-0.2, -0.15) is 0 Å². The van der Waals surface area contributed by atoms with E-state index in [9.17, 15) is 9.18 Å². The Hall–Kier alpha value is -2.41. The summed E-state index contributed by atoms with van der Waals surface area (Å²) in [6.45, 7) is 5.65. The average Bonchev–Trinajstić information content (AvgIpc) is 3.38. The monoisotopic (exact) mass is 393 g/mol. The fraction of sp³-hybridized carbons (Fsp3) is 0.421. The molecular formula is C19H21ClFN3O3. The maximum absolute atomic E-state index is 13.3.